The van der Waals surface area contributed by atoms with Crippen molar-refractivity contribution in [3.05, 3.63) is 30.3 Å². The van der Waals surface area contributed by atoms with E-state index in [0.717, 1.165) is 11.7 Å². The average molecular weight is 279 g/mol. The third kappa shape index (κ3) is 3.87. The van der Waals surface area contributed by atoms with Crippen molar-refractivity contribution in [3.63, 3.8) is 0 Å². The molecule has 0 bridgehead atoms. The predicted molar refractivity (Wildman–Crippen MR) is 79.9 cm³/mol. The summed E-state index contributed by atoms with van der Waals surface area (Å²) in [5.74, 6) is 1.81. The van der Waals surface area contributed by atoms with Gasteiger partial charge in [0.1, 0.15) is 6.10 Å². The van der Waals surface area contributed by atoms with E-state index < -0.39 is 8.03 Å². The van der Waals surface area contributed by atoms with Crippen LogP contribution in [0.1, 0.15) is 40.0 Å². The molecule has 1 fully saturated rings. The number of hydrogen-bond acceptors (Lipinski definition) is 2. The normalized spacial score (nSPS) is 28.4. The Balaban J connectivity index is 2.04. The lowest BCUT2D eigenvalue weighted by atomic mass is 9.75. The van der Waals surface area contributed by atoms with Gasteiger partial charge in [-0.15, -0.1) is 4.52 Å². The van der Waals surface area contributed by atoms with Crippen LogP contribution in [-0.4, -0.2) is 6.10 Å². The molecule has 0 spiro atoms. The highest BCUT2D eigenvalue weighted by molar-refractivity contribution is 7.48. The zero-order chi connectivity index (χ0) is 13.8. The molecule has 19 heavy (non-hydrogen) atoms. The van der Waals surface area contributed by atoms with Gasteiger partial charge < -0.3 is 0 Å². The van der Waals surface area contributed by atoms with Gasteiger partial charge in [-0.2, -0.15) is 0 Å². The molecule has 0 heterocycles. The highest BCUT2D eigenvalue weighted by Crippen LogP contribution is 2.39. The fraction of sp³-hybridized carbons (Fsp3) is 0.625. The van der Waals surface area contributed by atoms with E-state index in [1.807, 2.05) is 30.3 Å². The molecule has 1 aromatic rings. The SMILES string of the molecule is CC(C)[C@@H]1CC[C@@H](C)C[C@H]1O[P+](=O)c1ccccc1. The van der Waals surface area contributed by atoms with Crippen LogP contribution in [0.25, 0.3) is 0 Å². The van der Waals surface area contributed by atoms with Crippen LogP contribution in [0.15, 0.2) is 30.3 Å². The van der Waals surface area contributed by atoms with E-state index in [-0.39, 0.29) is 6.10 Å². The molecule has 0 radical (unpaired) electrons. The van der Waals surface area contributed by atoms with Crippen LogP contribution in [0.4, 0.5) is 0 Å². The Bertz CT molecular complexity index is 416. The van der Waals surface area contributed by atoms with Crippen molar-refractivity contribution in [2.75, 3.05) is 0 Å². The lowest BCUT2D eigenvalue weighted by molar-refractivity contribution is 0.0538. The molecule has 4 atom stereocenters. The van der Waals surface area contributed by atoms with Gasteiger partial charge in [0.15, 0.2) is 0 Å². The number of hydrogen-bond donors (Lipinski definition) is 0. The maximum Gasteiger partial charge on any atom is 0.548 e. The van der Waals surface area contributed by atoms with Gasteiger partial charge in [0.05, 0.1) is 0 Å². The average Bonchev–Trinajstić information content (AvgIpc) is 2.39. The molecule has 0 aliphatic heterocycles. The minimum absolute atomic E-state index is 0.146. The standard InChI is InChI=1S/C16H24O2P/c1-12(2)15-10-9-13(3)11-16(15)18-19(17)14-7-5-4-6-8-14/h4-8,12-13,15-16H,9-11H2,1-3H3/q+1/t13-,15+,16-/m1/s1. The summed E-state index contributed by atoms with van der Waals surface area (Å²) in [5.41, 5.74) is 0. The summed E-state index contributed by atoms with van der Waals surface area (Å²) in [6.07, 6.45) is 3.65. The monoisotopic (exact) mass is 279 g/mol. The third-order valence-corrected chi connectivity index (χ3v) is 5.34. The van der Waals surface area contributed by atoms with Gasteiger partial charge in [-0.05, 0) is 47.3 Å². The van der Waals surface area contributed by atoms with Crippen LogP contribution in [0.3, 0.4) is 0 Å². The van der Waals surface area contributed by atoms with Gasteiger partial charge in [0.25, 0.3) is 0 Å². The first-order chi connectivity index (χ1) is 9.08. The van der Waals surface area contributed by atoms with Crippen molar-refractivity contribution in [1.82, 2.24) is 0 Å². The van der Waals surface area contributed by atoms with E-state index in [2.05, 4.69) is 20.8 Å². The summed E-state index contributed by atoms with van der Waals surface area (Å²) in [7, 11) is -1.72. The lowest BCUT2D eigenvalue weighted by Crippen LogP contribution is -2.33. The first-order valence-corrected chi connectivity index (χ1v) is 8.44. The van der Waals surface area contributed by atoms with Gasteiger partial charge in [0, 0.05) is 0 Å². The van der Waals surface area contributed by atoms with Crippen LogP contribution in [0.5, 0.6) is 0 Å². The Morgan fingerprint density at radius 1 is 1.21 bits per heavy atom. The molecule has 0 aromatic heterocycles. The van der Waals surface area contributed by atoms with E-state index in [1.54, 1.807) is 0 Å². The maximum absolute atomic E-state index is 12.3. The molecule has 104 valence electrons. The molecule has 0 N–H and O–H groups in total. The Morgan fingerprint density at radius 2 is 1.89 bits per heavy atom. The summed E-state index contributed by atoms with van der Waals surface area (Å²) in [6.45, 7) is 6.75. The van der Waals surface area contributed by atoms with Crippen molar-refractivity contribution in [2.45, 2.75) is 46.1 Å². The molecule has 0 amide bonds. The van der Waals surface area contributed by atoms with Gasteiger partial charge >= 0.3 is 8.03 Å². The fourth-order valence-corrected chi connectivity index (χ4v) is 4.00. The fourth-order valence-electron chi connectivity index (χ4n) is 2.97. The minimum Gasteiger partial charge on any atom is -0.138 e. The van der Waals surface area contributed by atoms with Crippen molar-refractivity contribution >= 4 is 13.3 Å². The second-order valence-electron chi connectivity index (χ2n) is 6.06. The molecular weight excluding hydrogens is 255 g/mol. The molecule has 0 saturated heterocycles. The number of benzene rings is 1. The van der Waals surface area contributed by atoms with Gasteiger partial charge in [-0.3, -0.25) is 0 Å². The summed E-state index contributed by atoms with van der Waals surface area (Å²) < 4.78 is 18.2. The van der Waals surface area contributed by atoms with Crippen molar-refractivity contribution in [2.24, 2.45) is 17.8 Å². The van der Waals surface area contributed by atoms with Crippen LogP contribution in [0.2, 0.25) is 0 Å². The molecule has 3 heteroatoms. The van der Waals surface area contributed by atoms with Crippen LogP contribution in [0, 0.1) is 17.8 Å². The van der Waals surface area contributed by atoms with E-state index in [0.29, 0.717) is 17.8 Å². The minimum atomic E-state index is -1.72. The van der Waals surface area contributed by atoms with Crippen LogP contribution >= 0.6 is 8.03 Å². The summed E-state index contributed by atoms with van der Waals surface area (Å²) >= 11 is 0. The highest BCUT2D eigenvalue weighted by atomic mass is 31.1. The summed E-state index contributed by atoms with van der Waals surface area (Å²) in [5, 5.41) is 0.804. The van der Waals surface area contributed by atoms with E-state index in [4.69, 9.17) is 4.52 Å². The zero-order valence-electron chi connectivity index (χ0n) is 12.1. The van der Waals surface area contributed by atoms with Crippen molar-refractivity contribution < 1.29 is 9.09 Å². The second kappa shape index (κ2) is 6.63. The van der Waals surface area contributed by atoms with E-state index in [1.165, 1.54) is 12.8 Å². The molecule has 1 unspecified atom stereocenters. The molecule has 1 saturated carbocycles. The molecule has 2 rings (SSSR count). The third-order valence-electron chi connectivity index (χ3n) is 4.16. The van der Waals surface area contributed by atoms with Crippen LogP contribution in [-0.2, 0) is 9.09 Å². The number of rotatable bonds is 4. The van der Waals surface area contributed by atoms with Gasteiger partial charge in [-0.1, -0.05) is 45.4 Å². The molecule has 1 aliphatic carbocycles. The summed E-state index contributed by atoms with van der Waals surface area (Å²) in [4.78, 5) is 0. The highest BCUT2D eigenvalue weighted by Gasteiger charge is 2.38. The second-order valence-corrected chi connectivity index (χ2v) is 7.30. The Labute approximate surface area is 117 Å². The molecule has 1 aromatic carbocycles. The predicted octanol–water partition coefficient (Wildman–Crippen LogP) is 4.53. The largest absolute Gasteiger partial charge is 0.548 e. The Morgan fingerprint density at radius 3 is 2.53 bits per heavy atom. The first-order valence-electron chi connectivity index (χ1n) is 7.27. The topological polar surface area (TPSA) is 26.3 Å². The lowest BCUT2D eigenvalue weighted by Gasteiger charge is -2.33. The molecular formula is C16H24O2P+. The van der Waals surface area contributed by atoms with Gasteiger partial charge in [-0.25, -0.2) is 0 Å². The smallest absolute Gasteiger partial charge is 0.138 e. The molecule has 2 nitrogen and oxygen atoms in total. The van der Waals surface area contributed by atoms with E-state index >= 15 is 0 Å². The first kappa shape index (κ1) is 14.7. The van der Waals surface area contributed by atoms with E-state index in [9.17, 15) is 4.57 Å². The van der Waals surface area contributed by atoms with Crippen molar-refractivity contribution in [1.29, 1.82) is 0 Å². The summed E-state index contributed by atoms with van der Waals surface area (Å²) in [6, 6.07) is 9.53. The van der Waals surface area contributed by atoms with Crippen LogP contribution < -0.4 is 5.30 Å². The van der Waals surface area contributed by atoms with Crippen molar-refractivity contribution in [3.8, 4) is 0 Å². The Hall–Kier alpha value is -0.720. The maximum atomic E-state index is 12.3. The Kier molecular flexibility index (Phi) is 5.13. The quantitative estimate of drug-likeness (QED) is 0.757. The zero-order valence-corrected chi connectivity index (χ0v) is 13.0. The molecule has 1 aliphatic rings. The van der Waals surface area contributed by atoms with Gasteiger partial charge in [0.2, 0.25) is 5.30 Å².